The second-order valence-electron chi connectivity index (χ2n) is 4.54. The van der Waals surface area contributed by atoms with Crippen molar-refractivity contribution in [1.82, 2.24) is 24.5 Å². The largest absolute Gasteiger partial charge is 0.271 e. The minimum atomic E-state index is -3.79. The van der Waals surface area contributed by atoms with Gasteiger partial charge < -0.3 is 0 Å². The lowest BCUT2D eigenvalue weighted by molar-refractivity contribution is 0.529. The van der Waals surface area contributed by atoms with Gasteiger partial charge in [-0.05, 0) is 13.3 Å². The molecule has 0 radical (unpaired) electrons. The summed E-state index contributed by atoms with van der Waals surface area (Å²) in [5.41, 5.74) is 0.370. The number of hydrogen-bond acceptors (Lipinski definition) is 5. The summed E-state index contributed by atoms with van der Waals surface area (Å²) in [5, 5.41) is 8.16. The summed E-state index contributed by atoms with van der Waals surface area (Å²) < 4.78 is 29.8. The first-order valence-corrected chi connectivity index (χ1v) is 7.84. The van der Waals surface area contributed by atoms with E-state index in [0.717, 1.165) is 0 Å². The summed E-state index contributed by atoms with van der Waals surface area (Å²) in [4.78, 5) is 4.05. The van der Waals surface area contributed by atoms with E-state index in [4.69, 9.17) is 11.6 Å². The summed E-state index contributed by atoms with van der Waals surface area (Å²) in [6.07, 6.45) is 2.02. The van der Waals surface area contributed by atoms with Crippen LogP contribution in [0.4, 0.5) is 5.95 Å². The summed E-state index contributed by atoms with van der Waals surface area (Å²) in [6, 6.07) is 0. The van der Waals surface area contributed by atoms with Crippen molar-refractivity contribution in [1.29, 1.82) is 0 Å². The Morgan fingerprint density at radius 1 is 1.35 bits per heavy atom. The van der Waals surface area contributed by atoms with E-state index in [0.29, 0.717) is 31.2 Å². The minimum Gasteiger partial charge on any atom is -0.255 e. The van der Waals surface area contributed by atoms with Gasteiger partial charge in [-0.1, -0.05) is 11.6 Å². The predicted octanol–water partition coefficient (Wildman–Crippen LogP) is 0.572. The molecule has 2 aromatic rings. The molecule has 0 N–H and O–H groups in total. The van der Waals surface area contributed by atoms with Crippen LogP contribution >= 0.6 is 11.6 Å². The van der Waals surface area contributed by atoms with Crippen LogP contribution in [-0.4, -0.2) is 39.5 Å². The smallest absolute Gasteiger partial charge is 0.255 e. The van der Waals surface area contributed by atoms with Crippen molar-refractivity contribution in [3.63, 3.8) is 0 Å². The van der Waals surface area contributed by atoms with Gasteiger partial charge in [-0.15, -0.1) is 0 Å². The lowest BCUT2D eigenvalue weighted by Crippen LogP contribution is -2.38. The Morgan fingerprint density at radius 3 is 2.75 bits per heavy atom. The molecule has 0 aliphatic carbocycles. The zero-order valence-corrected chi connectivity index (χ0v) is 12.6. The van der Waals surface area contributed by atoms with Crippen molar-refractivity contribution < 1.29 is 8.42 Å². The van der Waals surface area contributed by atoms with Crippen LogP contribution in [0.25, 0.3) is 0 Å². The van der Waals surface area contributed by atoms with Crippen molar-refractivity contribution in [2.45, 2.75) is 24.8 Å². The maximum Gasteiger partial charge on any atom is 0.271 e. The van der Waals surface area contributed by atoms with Gasteiger partial charge >= 0.3 is 0 Å². The zero-order valence-electron chi connectivity index (χ0n) is 11.0. The van der Waals surface area contributed by atoms with Gasteiger partial charge in [0, 0.05) is 20.1 Å². The van der Waals surface area contributed by atoms with E-state index in [1.165, 1.54) is 15.3 Å². The lowest BCUT2D eigenvalue weighted by Gasteiger charge is -2.26. The fourth-order valence-electron chi connectivity index (χ4n) is 2.31. The summed E-state index contributed by atoms with van der Waals surface area (Å²) in [7, 11) is -2.19. The molecule has 10 heteroatoms. The normalized spacial score (nSPS) is 15.4. The molecule has 8 nitrogen and oxygen atoms in total. The standard InChI is InChI=1S/C10H13ClN6O2S/c1-7-8(9(11)15(2)14-7)20(18,19)17-5-3-4-16-10(17)12-6-13-16/h6H,3-5H2,1-2H3. The van der Waals surface area contributed by atoms with Crippen molar-refractivity contribution in [3.05, 3.63) is 17.2 Å². The molecule has 0 atom stereocenters. The Labute approximate surface area is 121 Å². The first-order valence-electron chi connectivity index (χ1n) is 6.02. The van der Waals surface area contributed by atoms with Crippen LogP contribution in [0.5, 0.6) is 0 Å². The number of aryl methyl sites for hydroxylation is 3. The van der Waals surface area contributed by atoms with Crippen LogP contribution in [0.15, 0.2) is 11.2 Å². The Bertz CT molecular complexity index is 765. The van der Waals surface area contributed by atoms with Gasteiger partial charge in [-0.25, -0.2) is 17.4 Å². The van der Waals surface area contributed by atoms with E-state index in [9.17, 15) is 8.42 Å². The van der Waals surface area contributed by atoms with Crippen LogP contribution in [0.2, 0.25) is 5.15 Å². The third-order valence-corrected chi connectivity index (χ3v) is 5.67. The van der Waals surface area contributed by atoms with Crippen molar-refractivity contribution in [2.75, 3.05) is 10.8 Å². The Morgan fingerprint density at radius 2 is 2.10 bits per heavy atom. The molecule has 0 fully saturated rings. The number of hydrogen-bond donors (Lipinski definition) is 0. The molecule has 20 heavy (non-hydrogen) atoms. The molecule has 3 rings (SSSR count). The molecule has 108 valence electrons. The third kappa shape index (κ3) is 1.80. The highest BCUT2D eigenvalue weighted by molar-refractivity contribution is 7.93. The highest BCUT2D eigenvalue weighted by Crippen LogP contribution is 2.31. The molecular weight excluding hydrogens is 304 g/mol. The van der Waals surface area contributed by atoms with Gasteiger partial charge in [0.25, 0.3) is 10.0 Å². The van der Waals surface area contributed by atoms with Crippen LogP contribution < -0.4 is 4.31 Å². The molecule has 0 spiro atoms. The fourth-order valence-corrected chi connectivity index (χ4v) is 4.49. The van der Waals surface area contributed by atoms with Crippen LogP contribution in [-0.2, 0) is 23.6 Å². The number of aromatic nitrogens is 5. The van der Waals surface area contributed by atoms with Crippen LogP contribution in [0, 0.1) is 6.92 Å². The molecule has 0 amide bonds. The molecular formula is C10H13ClN6O2S. The average molecular weight is 317 g/mol. The van der Waals surface area contributed by atoms with Gasteiger partial charge in [0.05, 0.1) is 5.69 Å². The molecule has 3 heterocycles. The Kier molecular flexibility index (Phi) is 2.98. The molecule has 0 saturated carbocycles. The molecule has 0 unspecified atom stereocenters. The topological polar surface area (TPSA) is 85.9 Å². The van der Waals surface area contributed by atoms with E-state index in [2.05, 4.69) is 15.2 Å². The zero-order chi connectivity index (χ0) is 14.5. The van der Waals surface area contributed by atoms with E-state index in [1.807, 2.05) is 0 Å². The number of anilines is 1. The second kappa shape index (κ2) is 4.45. The lowest BCUT2D eigenvalue weighted by atomic mass is 10.4. The van der Waals surface area contributed by atoms with Gasteiger partial charge in [0.2, 0.25) is 5.95 Å². The molecule has 2 aromatic heterocycles. The van der Waals surface area contributed by atoms with E-state index < -0.39 is 10.0 Å². The number of sulfonamides is 1. The first kappa shape index (κ1) is 13.4. The third-order valence-electron chi connectivity index (χ3n) is 3.20. The van der Waals surface area contributed by atoms with Crippen molar-refractivity contribution >= 4 is 27.6 Å². The Balaban J connectivity index is 2.15. The SMILES string of the molecule is Cc1nn(C)c(Cl)c1S(=O)(=O)N1CCCn2ncnc21. The maximum absolute atomic E-state index is 12.8. The monoisotopic (exact) mass is 316 g/mol. The van der Waals surface area contributed by atoms with Crippen molar-refractivity contribution in [3.8, 4) is 0 Å². The van der Waals surface area contributed by atoms with Gasteiger partial charge in [0.15, 0.2) is 0 Å². The summed E-state index contributed by atoms with van der Waals surface area (Å²) in [6.45, 7) is 2.63. The maximum atomic E-state index is 12.8. The average Bonchev–Trinajstić information content (AvgIpc) is 2.94. The highest BCUT2D eigenvalue weighted by Gasteiger charge is 2.35. The summed E-state index contributed by atoms with van der Waals surface area (Å²) >= 11 is 6.07. The van der Waals surface area contributed by atoms with Gasteiger partial charge in [-0.3, -0.25) is 4.68 Å². The van der Waals surface area contributed by atoms with Crippen LogP contribution in [0.1, 0.15) is 12.1 Å². The highest BCUT2D eigenvalue weighted by atomic mass is 35.5. The quantitative estimate of drug-likeness (QED) is 0.808. The number of halogens is 1. The number of nitrogens with zero attached hydrogens (tertiary/aromatic N) is 6. The predicted molar refractivity (Wildman–Crippen MR) is 72.1 cm³/mol. The molecule has 1 aliphatic rings. The van der Waals surface area contributed by atoms with E-state index >= 15 is 0 Å². The Hall–Kier alpha value is -1.61. The van der Waals surface area contributed by atoms with Crippen LogP contribution in [0.3, 0.4) is 0 Å². The van der Waals surface area contributed by atoms with Gasteiger partial charge in [-0.2, -0.15) is 15.2 Å². The first-order chi connectivity index (χ1) is 9.43. The fraction of sp³-hybridized carbons (Fsp3) is 0.500. The molecule has 0 bridgehead atoms. The molecule has 1 aliphatic heterocycles. The molecule has 0 saturated heterocycles. The second-order valence-corrected chi connectivity index (χ2v) is 6.70. The van der Waals surface area contributed by atoms with Crippen molar-refractivity contribution in [2.24, 2.45) is 7.05 Å². The number of fused-ring (bicyclic) bond motifs is 1. The van der Waals surface area contributed by atoms with Gasteiger partial charge in [0.1, 0.15) is 16.4 Å². The van der Waals surface area contributed by atoms with E-state index in [-0.39, 0.29) is 10.0 Å². The van der Waals surface area contributed by atoms with E-state index in [1.54, 1.807) is 18.7 Å². The summed E-state index contributed by atoms with van der Waals surface area (Å²) in [5.74, 6) is 0.315. The molecule has 0 aromatic carbocycles. The minimum absolute atomic E-state index is 0.0260. The number of rotatable bonds is 2.